The Balaban J connectivity index is 2.33. The van der Waals surface area contributed by atoms with Crippen molar-refractivity contribution < 1.29 is 9.18 Å². The van der Waals surface area contributed by atoms with E-state index < -0.39 is 5.82 Å². The van der Waals surface area contributed by atoms with Crippen LogP contribution in [0.1, 0.15) is 35.7 Å². The molecule has 5 heteroatoms. The van der Waals surface area contributed by atoms with Gasteiger partial charge in [0.2, 0.25) is 0 Å². The number of rotatable bonds is 3. The lowest BCUT2D eigenvalue weighted by atomic mass is 10.0. The number of anilines is 2. The molecule has 0 saturated heterocycles. The molecule has 2 aromatic carbocycles. The Bertz CT molecular complexity index is 686. The molecule has 2 rings (SSSR count). The van der Waals surface area contributed by atoms with E-state index >= 15 is 0 Å². The third kappa shape index (κ3) is 3.42. The summed E-state index contributed by atoms with van der Waals surface area (Å²) in [6, 6.07) is 10.1. The van der Waals surface area contributed by atoms with Crippen molar-refractivity contribution in [3.63, 3.8) is 0 Å². The van der Waals surface area contributed by atoms with Crippen molar-refractivity contribution in [3.8, 4) is 0 Å². The second kappa shape index (κ2) is 6.26. The Morgan fingerprint density at radius 1 is 1.29 bits per heavy atom. The first-order chi connectivity index (χ1) is 9.90. The fourth-order valence-corrected chi connectivity index (χ4v) is 2.54. The zero-order chi connectivity index (χ0) is 15.6. The van der Waals surface area contributed by atoms with Gasteiger partial charge in [-0.1, -0.05) is 32.0 Å². The summed E-state index contributed by atoms with van der Waals surface area (Å²) in [5.74, 6) is -0.606. The van der Waals surface area contributed by atoms with Gasteiger partial charge in [-0.2, -0.15) is 0 Å². The highest BCUT2D eigenvalue weighted by Gasteiger charge is 2.15. The van der Waals surface area contributed by atoms with Gasteiger partial charge in [0, 0.05) is 10.2 Å². The molecule has 1 amide bonds. The summed E-state index contributed by atoms with van der Waals surface area (Å²) in [6.45, 7) is 4.10. The van der Waals surface area contributed by atoms with Crippen molar-refractivity contribution in [1.29, 1.82) is 0 Å². The van der Waals surface area contributed by atoms with Gasteiger partial charge in [0.25, 0.3) is 5.91 Å². The van der Waals surface area contributed by atoms with Crippen LogP contribution in [0.5, 0.6) is 0 Å². The van der Waals surface area contributed by atoms with Gasteiger partial charge in [-0.05, 0) is 45.6 Å². The maximum atomic E-state index is 13.3. The highest BCUT2D eigenvalue weighted by atomic mass is 79.9. The molecule has 3 nitrogen and oxygen atoms in total. The van der Waals surface area contributed by atoms with Crippen molar-refractivity contribution in [2.24, 2.45) is 0 Å². The largest absolute Gasteiger partial charge is 0.396 e. The van der Waals surface area contributed by atoms with Gasteiger partial charge in [-0.15, -0.1) is 0 Å². The monoisotopic (exact) mass is 350 g/mol. The van der Waals surface area contributed by atoms with Crippen LogP contribution in [0.3, 0.4) is 0 Å². The molecule has 0 fully saturated rings. The van der Waals surface area contributed by atoms with Crippen LogP contribution in [-0.4, -0.2) is 5.91 Å². The number of nitrogens with two attached hydrogens (primary N) is 1. The van der Waals surface area contributed by atoms with Gasteiger partial charge in [0.1, 0.15) is 5.82 Å². The minimum Gasteiger partial charge on any atom is -0.396 e. The average molecular weight is 351 g/mol. The highest BCUT2D eigenvalue weighted by molar-refractivity contribution is 9.10. The van der Waals surface area contributed by atoms with E-state index in [9.17, 15) is 9.18 Å². The number of nitrogen functional groups attached to an aromatic ring is 1. The van der Waals surface area contributed by atoms with Crippen molar-refractivity contribution in [3.05, 3.63) is 57.8 Å². The number of halogens is 2. The van der Waals surface area contributed by atoms with Gasteiger partial charge < -0.3 is 11.1 Å². The van der Waals surface area contributed by atoms with E-state index in [0.29, 0.717) is 10.0 Å². The summed E-state index contributed by atoms with van der Waals surface area (Å²) in [7, 11) is 0. The number of hydrogen-bond donors (Lipinski definition) is 2. The Morgan fingerprint density at radius 2 is 1.95 bits per heavy atom. The predicted molar refractivity (Wildman–Crippen MR) is 87.0 cm³/mol. The summed E-state index contributed by atoms with van der Waals surface area (Å²) < 4.78 is 13.7. The van der Waals surface area contributed by atoms with Crippen LogP contribution in [0.2, 0.25) is 0 Å². The summed E-state index contributed by atoms with van der Waals surface area (Å²) in [5.41, 5.74) is 7.55. The van der Waals surface area contributed by atoms with E-state index in [2.05, 4.69) is 35.1 Å². The Morgan fingerprint density at radius 3 is 2.62 bits per heavy atom. The molecule has 0 atom stereocenters. The zero-order valence-electron chi connectivity index (χ0n) is 11.8. The van der Waals surface area contributed by atoms with E-state index in [0.717, 1.165) is 11.3 Å². The first-order valence-corrected chi connectivity index (χ1v) is 7.34. The summed E-state index contributed by atoms with van der Waals surface area (Å²) in [4.78, 5) is 12.4. The molecule has 3 N–H and O–H groups in total. The van der Waals surface area contributed by atoms with Crippen molar-refractivity contribution in [1.82, 2.24) is 0 Å². The molecule has 0 aliphatic rings. The normalized spacial score (nSPS) is 10.7. The second-order valence-corrected chi connectivity index (χ2v) is 5.90. The van der Waals surface area contributed by atoms with Crippen LogP contribution < -0.4 is 11.1 Å². The Hall–Kier alpha value is -1.88. The van der Waals surface area contributed by atoms with E-state index in [4.69, 9.17) is 5.73 Å². The Kier molecular flexibility index (Phi) is 4.63. The number of hydrogen-bond acceptors (Lipinski definition) is 2. The average Bonchev–Trinajstić information content (AvgIpc) is 2.43. The number of amides is 1. The minimum absolute atomic E-state index is 0.0551. The second-order valence-electron chi connectivity index (χ2n) is 5.05. The molecule has 0 saturated carbocycles. The molecule has 21 heavy (non-hydrogen) atoms. The summed E-state index contributed by atoms with van der Waals surface area (Å²) in [6.07, 6.45) is 0. The predicted octanol–water partition coefficient (Wildman–Crippen LogP) is 4.55. The fourth-order valence-electron chi connectivity index (χ4n) is 2.04. The molecular formula is C16H16BrFN2O. The molecule has 0 aliphatic heterocycles. The molecule has 0 aromatic heterocycles. The Labute approximate surface area is 131 Å². The van der Waals surface area contributed by atoms with Gasteiger partial charge in [0.05, 0.1) is 11.3 Å². The lowest BCUT2D eigenvalue weighted by Gasteiger charge is -2.14. The van der Waals surface area contributed by atoms with Crippen LogP contribution >= 0.6 is 15.9 Å². The van der Waals surface area contributed by atoms with Crippen LogP contribution in [0, 0.1) is 5.82 Å². The highest BCUT2D eigenvalue weighted by Crippen LogP contribution is 2.27. The zero-order valence-corrected chi connectivity index (χ0v) is 13.4. The number of nitrogens with one attached hydrogen (secondary N) is 1. The molecule has 0 radical (unpaired) electrons. The van der Waals surface area contributed by atoms with Crippen LogP contribution in [-0.2, 0) is 0 Å². The number of carbonyl (C=O) groups is 1. The third-order valence-electron chi connectivity index (χ3n) is 3.16. The summed E-state index contributed by atoms with van der Waals surface area (Å²) in [5, 5.41) is 2.85. The van der Waals surface area contributed by atoms with E-state index in [1.807, 2.05) is 24.3 Å². The molecule has 2 aromatic rings. The number of carbonyl (C=O) groups excluding carboxylic acids is 1. The molecule has 0 unspecified atom stereocenters. The standard InChI is InChI=1S/C16H16BrFN2O/c1-9(2)10-5-3-4-6-15(10)20-16(21)11-7-14(19)13(18)8-12(11)17/h3-9H,19H2,1-2H3,(H,20,21). The maximum Gasteiger partial charge on any atom is 0.256 e. The van der Waals surface area contributed by atoms with Crippen molar-refractivity contribution in [2.45, 2.75) is 19.8 Å². The maximum absolute atomic E-state index is 13.3. The third-order valence-corrected chi connectivity index (χ3v) is 3.82. The molecule has 0 aliphatic carbocycles. The molecule has 0 spiro atoms. The first-order valence-electron chi connectivity index (χ1n) is 6.55. The first kappa shape index (κ1) is 15.5. The van der Waals surface area contributed by atoms with Gasteiger partial charge >= 0.3 is 0 Å². The van der Waals surface area contributed by atoms with Crippen LogP contribution in [0.4, 0.5) is 15.8 Å². The van der Waals surface area contributed by atoms with E-state index in [1.54, 1.807) is 0 Å². The number of para-hydroxylation sites is 1. The number of benzene rings is 2. The smallest absolute Gasteiger partial charge is 0.256 e. The minimum atomic E-state index is -0.555. The molecule has 0 heterocycles. The molecule has 110 valence electrons. The molecule has 0 bridgehead atoms. The SMILES string of the molecule is CC(C)c1ccccc1NC(=O)c1cc(N)c(F)cc1Br. The lowest BCUT2D eigenvalue weighted by molar-refractivity contribution is 0.102. The van der Waals surface area contributed by atoms with Crippen LogP contribution in [0.25, 0.3) is 0 Å². The van der Waals surface area contributed by atoms with E-state index in [-0.39, 0.29) is 17.5 Å². The van der Waals surface area contributed by atoms with Gasteiger partial charge in [0.15, 0.2) is 0 Å². The fraction of sp³-hybridized carbons (Fsp3) is 0.188. The summed E-state index contributed by atoms with van der Waals surface area (Å²) >= 11 is 3.19. The van der Waals surface area contributed by atoms with E-state index in [1.165, 1.54) is 12.1 Å². The van der Waals surface area contributed by atoms with Crippen molar-refractivity contribution in [2.75, 3.05) is 11.1 Å². The van der Waals surface area contributed by atoms with Crippen LogP contribution in [0.15, 0.2) is 40.9 Å². The quantitative estimate of drug-likeness (QED) is 0.798. The molecular weight excluding hydrogens is 335 g/mol. The van der Waals surface area contributed by atoms with Gasteiger partial charge in [-0.25, -0.2) is 4.39 Å². The lowest BCUT2D eigenvalue weighted by Crippen LogP contribution is -2.15. The topological polar surface area (TPSA) is 55.1 Å². The van der Waals surface area contributed by atoms with Crippen molar-refractivity contribution >= 4 is 33.2 Å². The van der Waals surface area contributed by atoms with Gasteiger partial charge in [-0.3, -0.25) is 4.79 Å².